The Morgan fingerprint density at radius 2 is 1.85 bits per heavy atom. The van der Waals surface area contributed by atoms with Gasteiger partial charge in [0.2, 0.25) is 0 Å². The van der Waals surface area contributed by atoms with Crippen LogP contribution in [0.15, 0.2) is 18.2 Å². The maximum absolute atomic E-state index is 12.6. The van der Waals surface area contributed by atoms with E-state index in [1.165, 1.54) is 0 Å². The fourth-order valence-corrected chi connectivity index (χ4v) is 4.66. The summed E-state index contributed by atoms with van der Waals surface area (Å²) in [6.45, 7) is 5.36. The van der Waals surface area contributed by atoms with E-state index >= 15 is 0 Å². The Morgan fingerprint density at radius 3 is 2.41 bits per heavy atom. The molecule has 2 aliphatic rings. The molecule has 7 heteroatoms. The van der Waals surface area contributed by atoms with Gasteiger partial charge in [0.25, 0.3) is 5.91 Å². The number of hydrogen-bond acceptors (Lipinski definition) is 4. The summed E-state index contributed by atoms with van der Waals surface area (Å²) in [5.74, 6) is -1.00. The zero-order chi connectivity index (χ0) is 20.0. The molecule has 1 aliphatic heterocycles. The first kappa shape index (κ1) is 20.4. The molecular formula is C20H25Cl2NO4. The Balaban J connectivity index is 1.93. The van der Waals surface area contributed by atoms with Crippen LogP contribution in [0.5, 0.6) is 0 Å². The Kier molecular flexibility index (Phi) is 5.50. The second kappa shape index (κ2) is 7.26. The maximum Gasteiger partial charge on any atom is 0.417 e. The minimum atomic E-state index is -1.25. The van der Waals surface area contributed by atoms with E-state index in [1.807, 2.05) is 12.1 Å². The first-order valence-electron chi connectivity index (χ1n) is 9.23. The summed E-state index contributed by atoms with van der Waals surface area (Å²) in [5, 5.41) is 11.6. The first-order chi connectivity index (χ1) is 12.5. The topological polar surface area (TPSA) is 66.8 Å². The molecule has 1 N–H and O–H groups in total. The molecule has 2 atom stereocenters. The van der Waals surface area contributed by atoms with Crippen LogP contribution in [0.2, 0.25) is 10.0 Å². The molecule has 1 aliphatic carbocycles. The van der Waals surface area contributed by atoms with Gasteiger partial charge >= 0.3 is 6.09 Å². The molecule has 27 heavy (non-hydrogen) atoms. The average molecular weight is 414 g/mol. The van der Waals surface area contributed by atoms with Crippen LogP contribution in [0.4, 0.5) is 4.79 Å². The number of ether oxygens (including phenoxy) is 1. The molecule has 1 heterocycles. The van der Waals surface area contributed by atoms with Crippen molar-refractivity contribution >= 4 is 35.2 Å². The zero-order valence-corrected chi connectivity index (χ0v) is 17.3. The number of imide groups is 1. The van der Waals surface area contributed by atoms with Gasteiger partial charge in [0, 0.05) is 17.9 Å². The molecule has 5 nitrogen and oxygen atoms in total. The van der Waals surface area contributed by atoms with Gasteiger partial charge in [0.05, 0.1) is 10.0 Å². The van der Waals surface area contributed by atoms with Gasteiger partial charge in [-0.25, -0.2) is 9.69 Å². The van der Waals surface area contributed by atoms with Gasteiger partial charge in [-0.15, -0.1) is 0 Å². The lowest BCUT2D eigenvalue weighted by atomic mass is 9.67. The number of nitrogens with zero attached hydrogens (tertiary/aromatic N) is 1. The number of hydrogen-bond donors (Lipinski definition) is 1. The van der Waals surface area contributed by atoms with Gasteiger partial charge in [0.15, 0.2) is 0 Å². The standard InChI is InChI=1S/C20H25Cl2NO4/c1-19(2,3)27-18(26)23-11-13(16(24)17(23)25)20(8-4-5-9-20)12-6-7-14(21)15(22)10-12/h6-7,10,13,16,24H,4-5,8-9,11H2,1-3H3/t13-,16?/m0/s1. The summed E-state index contributed by atoms with van der Waals surface area (Å²) in [6, 6.07) is 5.48. The number of benzene rings is 1. The Hall–Kier alpha value is -1.30. The zero-order valence-electron chi connectivity index (χ0n) is 15.8. The molecule has 0 spiro atoms. The lowest BCUT2D eigenvalue weighted by molar-refractivity contribution is -0.134. The molecule has 3 rings (SSSR count). The van der Waals surface area contributed by atoms with Gasteiger partial charge in [-0.3, -0.25) is 4.79 Å². The molecule has 1 aromatic rings. The van der Waals surface area contributed by atoms with E-state index in [4.69, 9.17) is 27.9 Å². The van der Waals surface area contributed by atoms with Gasteiger partial charge in [0.1, 0.15) is 11.7 Å². The highest BCUT2D eigenvalue weighted by atomic mass is 35.5. The van der Waals surface area contributed by atoms with E-state index in [1.54, 1.807) is 26.8 Å². The van der Waals surface area contributed by atoms with Crippen molar-refractivity contribution in [2.75, 3.05) is 6.54 Å². The van der Waals surface area contributed by atoms with E-state index in [2.05, 4.69) is 0 Å². The molecule has 148 valence electrons. The molecule has 0 bridgehead atoms. The van der Waals surface area contributed by atoms with Crippen molar-refractivity contribution < 1.29 is 19.4 Å². The van der Waals surface area contributed by atoms with Gasteiger partial charge in [-0.2, -0.15) is 0 Å². The number of aliphatic hydroxyl groups is 1. The molecule has 0 aromatic heterocycles. The van der Waals surface area contributed by atoms with E-state index in [0.29, 0.717) is 10.0 Å². The van der Waals surface area contributed by atoms with E-state index < -0.39 is 35.0 Å². The Bertz CT molecular complexity index is 753. The monoisotopic (exact) mass is 413 g/mol. The van der Waals surface area contributed by atoms with Gasteiger partial charge in [-0.1, -0.05) is 42.1 Å². The highest BCUT2D eigenvalue weighted by Crippen LogP contribution is 2.51. The third-order valence-corrected chi connectivity index (χ3v) is 6.33. The molecule has 0 radical (unpaired) electrons. The van der Waals surface area contributed by atoms with Crippen LogP contribution in [0.25, 0.3) is 0 Å². The predicted octanol–water partition coefficient (Wildman–Crippen LogP) is 4.56. The van der Waals surface area contributed by atoms with E-state index in [0.717, 1.165) is 36.1 Å². The predicted molar refractivity (Wildman–Crippen MR) is 104 cm³/mol. The number of carbonyl (C=O) groups is 2. The summed E-state index contributed by atoms with van der Waals surface area (Å²) in [7, 11) is 0. The summed E-state index contributed by atoms with van der Waals surface area (Å²) in [6.07, 6.45) is 1.67. The van der Waals surface area contributed by atoms with Gasteiger partial charge in [-0.05, 0) is 51.3 Å². The number of amides is 2. The number of aliphatic hydroxyl groups excluding tert-OH is 1. The fourth-order valence-electron chi connectivity index (χ4n) is 4.36. The number of rotatable bonds is 2. The van der Waals surface area contributed by atoms with Crippen molar-refractivity contribution in [2.24, 2.45) is 5.92 Å². The van der Waals surface area contributed by atoms with Crippen molar-refractivity contribution in [2.45, 2.75) is 63.6 Å². The van der Waals surface area contributed by atoms with Crippen LogP contribution < -0.4 is 0 Å². The molecule has 1 saturated carbocycles. The van der Waals surface area contributed by atoms with Crippen molar-refractivity contribution in [1.29, 1.82) is 0 Å². The lowest BCUT2D eigenvalue weighted by Gasteiger charge is -2.37. The van der Waals surface area contributed by atoms with Crippen molar-refractivity contribution in [3.05, 3.63) is 33.8 Å². The smallest absolute Gasteiger partial charge is 0.417 e. The SMILES string of the molecule is CC(C)(C)OC(=O)N1C[C@H](C2(c3ccc(Cl)c(Cl)c3)CCCC2)C(O)C1=O. The van der Waals surface area contributed by atoms with Crippen LogP contribution in [-0.4, -0.2) is 40.3 Å². The van der Waals surface area contributed by atoms with Gasteiger partial charge < -0.3 is 9.84 Å². The van der Waals surface area contributed by atoms with E-state index in [9.17, 15) is 14.7 Å². The lowest BCUT2D eigenvalue weighted by Crippen LogP contribution is -2.40. The molecule has 1 saturated heterocycles. The molecular weight excluding hydrogens is 389 g/mol. The fraction of sp³-hybridized carbons (Fsp3) is 0.600. The molecule has 2 amide bonds. The summed E-state index contributed by atoms with van der Waals surface area (Å²) in [4.78, 5) is 26.1. The van der Waals surface area contributed by atoms with Crippen LogP contribution in [0.3, 0.4) is 0 Å². The molecule has 1 unspecified atom stereocenters. The Labute approximate surface area is 169 Å². The number of carbonyl (C=O) groups excluding carboxylic acids is 2. The normalized spacial score (nSPS) is 25.1. The number of halogens is 2. The third kappa shape index (κ3) is 3.82. The largest absolute Gasteiger partial charge is 0.443 e. The minimum Gasteiger partial charge on any atom is -0.443 e. The summed E-state index contributed by atoms with van der Waals surface area (Å²) < 4.78 is 5.34. The van der Waals surface area contributed by atoms with Crippen LogP contribution in [-0.2, 0) is 14.9 Å². The van der Waals surface area contributed by atoms with Crippen LogP contribution in [0.1, 0.15) is 52.0 Å². The van der Waals surface area contributed by atoms with Crippen LogP contribution >= 0.6 is 23.2 Å². The highest BCUT2D eigenvalue weighted by molar-refractivity contribution is 6.42. The average Bonchev–Trinajstić information content (AvgIpc) is 3.16. The molecule has 1 aromatic carbocycles. The van der Waals surface area contributed by atoms with Crippen molar-refractivity contribution in [1.82, 2.24) is 4.90 Å². The quantitative estimate of drug-likeness (QED) is 0.771. The summed E-state index contributed by atoms with van der Waals surface area (Å²) in [5.41, 5.74) is -0.174. The number of likely N-dealkylation sites (tertiary alicyclic amines) is 1. The maximum atomic E-state index is 12.6. The second-order valence-corrected chi connectivity index (χ2v) is 9.29. The van der Waals surface area contributed by atoms with Crippen LogP contribution in [0, 0.1) is 5.92 Å². The summed E-state index contributed by atoms with van der Waals surface area (Å²) >= 11 is 12.3. The van der Waals surface area contributed by atoms with E-state index in [-0.39, 0.29) is 6.54 Å². The highest BCUT2D eigenvalue weighted by Gasteiger charge is 2.54. The minimum absolute atomic E-state index is 0.134. The first-order valence-corrected chi connectivity index (χ1v) is 9.99. The van der Waals surface area contributed by atoms with Crippen molar-refractivity contribution in [3.8, 4) is 0 Å². The molecule has 2 fully saturated rings. The Morgan fingerprint density at radius 1 is 1.22 bits per heavy atom. The second-order valence-electron chi connectivity index (χ2n) is 8.47. The van der Waals surface area contributed by atoms with Crippen molar-refractivity contribution in [3.63, 3.8) is 0 Å². The third-order valence-electron chi connectivity index (χ3n) is 5.59.